The van der Waals surface area contributed by atoms with E-state index in [1.54, 1.807) is 48.2 Å². The van der Waals surface area contributed by atoms with Crippen LogP contribution in [0.2, 0.25) is 0 Å². The number of phenols is 2. The van der Waals surface area contributed by atoms with Crippen molar-refractivity contribution in [1.82, 2.24) is 4.90 Å². The Morgan fingerprint density at radius 1 is 1.03 bits per heavy atom. The van der Waals surface area contributed by atoms with E-state index in [-0.39, 0.29) is 11.9 Å². The maximum Gasteiger partial charge on any atom is 0.134 e. The van der Waals surface area contributed by atoms with Gasteiger partial charge in [0, 0.05) is 18.3 Å². The van der Waals surface area contributed by atoms with Crippen LogP contribution in [-0.4, -0.2) is 46.6 Å². The minimum atomic E-state index is 0.0195. The third-order valence-corrected chi connectivity index (χ3v) is 7.26. The van der Waals surface area contributed by atoms with Gasteiger partial charge in [-0.05, 0) is 73.8 Å². The van der Waals surface area contributed by atoms with Crippen molar-refractivity contribution in [2.24, 2.45) is 5.92 Å². The van der Waals surface area contributed by atoms with Crippen molar-refractivity contribution in [3.63, 3.8) is 0 Å². The fourth-order valence-corrected chi connectivity index (χ4v) is 5.18. The topological polar surface area (TPSA) is 62.2 Å². The lowest BCUT2D eigenvalue weighted by molar-refractivity contribution is 0.169. The maximum absolute atomic E-state index is 9.59. The number of nitrogens with zero attached hydrogens (tertiary/aromatic N) is 1. The van der Waals surface area contributed by atoms with Crippen LogP contribution in [0.5, 0.6) is 23.0 Å². The molecular formula is C28H33NO4S. The molecule has 180 valence electrons. The third kappa shape index (κ3) is 6.61. The molecule has 0 aromatic heterocycles. The quantitative estimate of drug-likeness (QED) is 0.460. The highest BCUT2D eigenvalue weighted by atomic mass is 32.2. The van der Waals surface area contributed by atoms with Crippen molar-refractivity contribution >= 4 is 11.8 Å². The average molecular weight is 480 g/mol. The Morgan fingerprint density at radius 2 is 1.79 bits per heavy atom. The van der Waals surface area contributed by atoms with Crippen LogP contribution in [0.25, 0.3) is 0 Å². The lowest BCUT2D eigenvalue weighted by atomic mass is 10.1. The van der Waals surface area contributed by atoms with E-state index < -0.39 is 0 Å². The van der Waals surface area contributed by atoms with E-state index in [9.17, 15) is 5.11 Å². The number of benzene rings is 3. The highest BCUT2D eigenvalue weighted by Gasteiger charge is 2.24. The Bertz CT molecular complexity index is 1040. The number of hydrogen-bond acceptors (Lipinski definition) is 6. The zero-order valence-electron chi connectivity index (χ0n) is 19.8. The maximum atomic E-state index is 9.59. The summed E-state index contributed by atoms with van der Waals surface area (Å²) in [6.45, 7) is 7.65. The summed E-state index contributed by atoms with van der Waals surface area (Å²) in [5.74, 6) is 3.98. The Morgan fingerprint density at radius 3 is 2.44 bits per heavy atom. The van der Waals surface area contributed by atoms with Crippen molar-refractivity contribution in [3.05, 3.63) is 78.4 Å². The molecule has 1 saturated heterocycles. The minimum absolute atomic E-state index is 0.0195. The predicted octanol–water partition coefficient (Wildman–Crippen LogP) is 6.12. The molecule has 2 aliphatic heterocycles. The molecule has 0 amide bonds. The van der Waals surface area contributed by atoms with Crippen LogP contribution in [0, 0.1) is 5.92 Å². The molecule has 5 rings (SSSR count). The molecule has 3 aromatic carbocycles. The molecule has 6 heteroatoms. The summed E-state index contributed by atoms with van der Waals surface area (Å²) in [6.07, 6.45) is 1.31. The summed E-state index contributed by atoms with van der Waals surface area (Å²) >= 11 is 1.72. The fourth-order valence-electron chi connectivity index (χ4n) is 4.12. The van der Waals surface area contributed by atoms with E-state index in [0.717, 1.165) is 40.2 Å². The Labute approximate surface area is 206 Å². The number of ether oxygens (including phenoxy) is 2. The third-order valence-electron chi connectivity index (χ3n) is 6.16. The van der Waals surface area contributed by atoms with Crippen LogP contribution in [-0.2, 0) is 0 Å². The molecule has 0 bridgehead atoms. The van der Waals surface area contributed by atoms with Gasteiger partial charge in [-0.25, -0.2) is 0 Å². The first-order valence-electron chi connectivity index (χ1n) is 11.8. The van der Waals surface area contributed by atoms with E-state index in [1.165, 1.54) is 19.5 Å². The van der Waals surface area contributed by atoms with Crippen molar-refractivity contribution in [2.45, 2.75) is 37.3 Å². The summed E-state index contributed by atoms with van der Waals surface area (Å²) in [5.41, 5.74) is 1.15. The van der Waals surface area contributed by atoms with Crippen LogP contribution >= 0.6 is 11.8 Å². The van der Waals surface area contributed by atoms with Crippen LogP contribution < -0.4 is 9.47 Å². The van der Waals surface area contributed by atoms with Gasteiger partial charge in [-0.15, -0.1) is 11.8 Å². The molecule has 2 N–H and O–H groups in total. The predicted molar refractivity (Wildman–Crippen MR) is 137 cm³/mol. The second-order valence-corrected chi connectivity index (χ2v) is 10.1. The molecule has 0 spiro atoms. The number of phenolic OH excluding ortho intramolecular Hbond substituents is 2. The van der Waals surface area contributed by atoms with Gasteiger partial charge < -0.3 is 19.7 Å². The number of fused-ring (bicyclic) bond motifs is 1. The number of hydrogen-bond donors (Lipinski definition) is 2. The molecule has 3 aromatic rings. The summed E-state index contributed by atoms with van der Waals surface area (Å²) in [4.78, 5) is 3.51. The smallest absolute Gasteiger partial charge is 0.134 e. The summed E-state index contributed by atoms with van der Waals surface area (Å²) in [7, 11) is 0. The molecule has 2 heterocycles. The summed E-state index contributed by atoms with van der Waals surface area (Å²) in [5, 5.41) is 18.2. The van der Waals surface area contributed by atoms with E-state index in [2.05, 4.69) is 30.9 Å². The lowest BCUT2D eigenvalue weighted by Gasteiger charge is -2.26. The SMILES string of the molecule is CC1CCN(C(C)COc2ccc([C@H]3CSc4cc(O)ccc4O3)cc2)C1.Oc1ccccc1. The highest BCUT2D eigenvalue weighted by Crippen LogP contribution is 2.42. The van der Waals surface area contributed by atoms with E-state index >= 15 is 0 Å². The molecule has 34 heavy (non-hydrogen) atoms. The van der Waals surface area contributed by atoms with Gasteiger partial charge in [-0.1, -0.05) is 37.3 Å². The number of aromatic hydroxyl groups is 2. The van der Waals surface area contributed by atoms with Crippen LogP contribution in [0.15, 0.2) is 77.7 Å². The Hall–Kier alpha value is -2.83. The second kappa shape index (κ2) is 11.5. The Kier molecular flexibility index (Phi) is 8.25. The van der Waals surface area contributed by atoms with E-state index in [1.807, 2.05) is 24.3 Å². The average Bonchev–Trinajstić information content (AvgIpc) is 3.30. The molecule has 1 fully saturated rings. The van der Waals surface area contributed by atoms with Gasteiger partial charge in [0.25, 0.3) is 0 Å². The molecule has 0 aliphatic carbocycles. The van der Waals surface area contributed by atoms with Gasteiger partial charge in [0.1, 0.15) is 35.7 Å². The van der Waals surface area contributed by atoms with E-state index in [0.29, 0.717) is 11.8 Å². The first-order chi connectivity index (χ1) is 16.5. The first-order valence-corrected chi connectivity index (χ1v) is 12.8. The zero-order valence-corrected chi connectivity index (χ0v) is 20.6. The van der Waals surface area contributed by atoms with Gasteiger partial charge in [-0.2, -0.15) is 0 Å². The molecule has 5 nitrogen and oxygen atoms in total. The second-order valence-electron chi connectivity index (χ2n) is 9.00. The van der Waals surface area contributed by atoms with Crippen molar-refractivity contribution in [2.75, 3.05) is 25.4 Å². The monoisotopic (exact) mass is 479 g/mol. The molecular weight excluding hydrogens is 446 g/mol. The number of likely N-dealkylation sites (tertiary alicyclic amines) is 1. The van der Waals surface area contributed by atoms with Crippen molar-refractivity contribution in [1.29, 1.82) is 0 Å². The van der Waals surface area contributed by atoms with Gasteiger partial charge in [0.2, 0.25) is 0 Å². The molecule has 2 aliphatic rings. The van der Waals surface area contributed by atoms with Crippen LogP contribution in [0.1, 0.15) is 31.9 Å². The first kappa shape index (κ1) is 24.3. The number of thioether (sulfide) groups is 1. The lowest BCUT2D eigenvalue weighted by Crippen LogP contribution is -2.35. The zero-order chi connectivity index (χ0) is 23.9. The Balaban J connectivity index is 0.000000336. The number of rotatable bonds is 5. The van der Waals surface area contributed by atoms with E-state index in [4.69, 9.17) is 14.6 Å². The fraction of sp³-hybridized carbons (Fsp3) is 0.357. The van der Waals surface area contributed by atoms with Crippen LogP contribution in [0.4, 0.5) is 0 Å². The van der Waals surface area contributed by atoms with Gasteiger partial charge in [0.05, 0.1) is 4.90 Å². The summed E-state index contributed by atoms with van der Waals surface area (Å²) in [6, 6.07) is 22.7. The molecule has 0 radical (unpaired) electrons. The van der Waals surface area contributed by atoms with Crippen molar-refractivity contribution < 1.29 is 19.7 Å². The minimum Gasteiger partial charge on any atom is -0.508 e. The largest absolute Gasteiger partial charge is 0.508 e. The molecule has 0 saturated carbocycles. The van der Waals surface area contributed by atoms with Gasteiger partial charge >= 0.3 is 0 Å². The van der Waals surface area contributed by atoms with Crippen LogP contribution in [0.3, 0.4) is 0 Å². The molecule has 3 atom stereocenters. The van der Waals surface area contributed by atoms with Crippen molar-refractivity contribution in [3.8, 4) is 23.0 Å². The number of para-hydroxylation sites is 1. The van der Waals surface area contributed by atoms with Gasteiger partial charge in [-0.3, -0.25) is 4.90 Å². The van der Waals surface area contributed by atoms with Gasteiger partial charge in [0.15, 0.2) is 0 Å². The highest BCUT2D eigenvalue weighted by molar-refractivity contribution is 7.99. The normalized spacial score (nSPS) is 20.4. The summed E-state index contributed by atoms with van der Waals surface area (Å²) < 4.78 is 12.1. The molecule has 2 unspecified atom stereocenters. The standard InChI is InChI=1S/C22H27NO3S.C6H6O/c1-15-9-10-23(12-15)16(2)13-25-19-6-3-17(4-7-19)21-14-27-22-11-18(24)5-8-20(22)26-21;7-6-4-2-1-3-5-6/h3-8,11,15-16,21,24H,9-10,12-14H2,1-2H3;1-5,7H/t15?,16?,21-;/m1./s1.